The molecule has 112 valence electrons. The summed E-state index contributed by atoms with van der Waals surface area (Å²) < 4.78 is 1.21. The Morgan fingerprint density at radius 2 is 1.90 bits per heavy atom. The topological polar surface area (TPSA) is 24.9 Å². The first-order valence-corrected chi connectivity index (χ1v) is 8.44. The van der Waals surface area contributed by atoms with E-state index in [9.17, 15) is 0 Å². The number of benzene rings is 1. The van der Waals surface area contributed by atoms with E-state index < -0.39 is 0 Å². The molecular formula is C18H23BrN2. The van der Waals surface area contributed by atoms with Gasteiger partial charge >= 0.3 is 0 Å². The fraction of sp³-hybridized carbons (Fsp3) is 0.389. The molecule has 0 aliphatic heterocycles. The van der Waals surface area contributed by atoms with Gasteiger partial charge in [-0.2, -0.15) is 0 Å². The summed E-state index contributed by atoms with van der Waals surface area (Å²) in [4.78, 5) is 4.08. The molecule has 1 aromatic carbocycles. The molecule has 0 spiro atoms. The van der Waals surface area contributed by atoms with Crippen LogP contribution in [0.15, 0.2) is 53.3 Å². The van der Waals surface area contributed by atoms with Crippen LogP contribution in [0, 0.1) is 0 Å². The van der Waals surface area contributed by atoms with E-state index in [0.29, 0.717) is 6.04 Å². The molecule has 1 aromatic heterocycles. The van der Waals surface area contributed by atoms with Gasteiger partial charge in [0, 0.05) is 22.9 Å². The molecule has 1 heterocycles. The van der Waals surface area contributed by atoms with E-state index in [1.165, 1.54) is 22.0 Å². The number of hydrogen-bond acceptors (Lipinski definition) is 2. The van der Waals surface area contributed by atoms with Gasteiger partial charge in [-0.05, 0) is 61.6 Å². The normalized spacial score (nSPS) is 12.3. The summed E-state index contributed by atoms with van der Waals surface area (Å²) in [6, 6.07) is 13.2. The molecule has 0 radical (unpaired) electrons. The molecule has 1 N–H and O–H groups in total. The lowest BCUT2D eigenvalue weighted by atomic mass is 9.99. The molecule has 0 fully saturated rings. The lowest BCUT2D eigenvalue weighted by molar-refractivity contribution is 0.477. The van der Waals surface area contributed by atoms with Gasteiger partial charge in [-0.25, -0.2) is 0 Å². The minimum Gasteiger partial charge on any atom is -0.314 e. The minimum atomic E-state index is 0.511. The Hall–Kier alpha value is -1.19. The van der Waals surface area contributed by atoms with Gasteiger partial charge in [0.15, 0.2) is 0 Å². The van der Waals surface area contributed by atoms with E-state index in [2.05, 4.69) is 69.6 Å². The highest BCUT2D eigenvalue weighted by atomic mass is 79.9. The second kappa shape index (κ2) is 8.96. The highest BCUT2D eigenvalue weighted by molar-refractivity contribution is 9.10. The third-order valence-corrected chi connectivity index (χ3v) is 4.41. The molecule has 2 rings (SSSR count). The third-order valence-electron chi connectivity index (χ3n) is 3.64. The van der Waals surface area contributed by atoms with Gasteiger partial charge in [-0.1, -0.05) is 41.1 Å². The third kappa shape index (κ3) is 5.60. The van der Waals surface area contributed by atoms with Gasteiger partial charge in [0.2, 0.25) is 0 Å². The summed E-state index contributed by atoms with van der Waals surface area (Å²) in [6.45, 7) is 3.29. The molecule has 0 saturated heterocycles. The predicted octanol–water partition coefficient (Wildman–Crippen LogP) is 4.39. The Labute approximate surface area is 136 Å². The van der Waals surface area contributed by atoms with Gasteiger partial charge in [-0.3, -0.25) is 4.98 Å². The highest BCUT2D eigenvalue weighted by Crippen LogP contribution is 2.19. The maximum absolute atomic E-state index is 4.08. The fourth-order valence-corrected chi connectivity index (χ4v) is 2.89. The molecule has 0 amide bonds. The van der Waals surface area contributed by atoms with E-state index in [-0.39, 0.29) is 0 Å². The Bertz CT molecular complexity index is 528. The fourth-order valence-electron chi connectivity index (χ4n) is 2.44. The van der Waals surface area contributed by atoms with Crippen LogP contribution in [-0.2, 0) is 12.8 Å². The molecule has 0 aliphatic rings. The van der Waals surface area contributed by atoms with Gasteiger partial charge in [-0.15, -0.1) is 0 Å². The maximum Gasteiger partial charge on any atom is 0.0270 e. The summed E-state index contributed by atoms with van der Waals surface area (Å²) in [5.74, 6) is 0. The molecule has 1 unspecified atom stereocenters. The molecule has 1 atom stereocenters. The van der Waals surface area contributed by atoms with Crippen LogP contribution in [0.3, 0.4) is 0 Å². The van der Waals surface area contributed by atoms with E-state index in [1.54, 1.807) is 0 Å². The summed E-state index contributed by atoms with van der Waals surface area (Å²) in [7, 11) is 0. The summed E-state index contributed by atoms with van der Waals surface area (Å²) in [5.41, 5.74) is 2.74. The van der Waals surface area contributed by atoms with Crippen LogP contribution in [0.2, 0.25) is 0 Å². The van der Waals surface area contributed by atoms with E-state index in [1.807, 2.05) is 12.4 Å². The van der Waals surface area contributed by atoms with Crippen molar-refractivity contribution < 1.29 is 0 Å². The van der Waals surface area contributed by atoms with Crippen LogP contribution < -0.4 is 5.32 Å². The first-order chi connectivity index (χ1) is 10.3. The van der Waals surface area contributed by atoms with Crippen LogP contribution in [-0.4, -0.2) is 17.6 Å². The molecule has 2 aromatic rings. The van der Waals surface area contributed by atoms with Crippen molar-refractivity contribution in [2.45, 2.75) is 38.6 Å². The molecule has 2 nitrogen and oxygen atoms in total. The standard InChI is InChI=1S/C18H23BrN2/c1-2-11-21-17(8-7-15-9-12-20-13-10-15)14-16-5-3-4-6-18(16)19/h3-6,9-10,12-13,17,21H,2,7-8,11,14H2,1H3. The maximum atomic E-state index is 4.08. The first-order valence-electron chi connectivity index (χ1n) is 7.65. The molecule has 0 saturated carbocycles. The number of aryl methyl sites for hydroxylation is 1. The quantitative estimate of drug-likeness (QED) is 0.766. The predicted molar refractivity (Wildman–Crippen MR) is 92.5 cm³/mol. The van der Waals surface area contributed by atoms with Gasteiger partial charge in [0.05, 0.1) is 0 Å². The largest absolute Gasteiger partial charge is 0.314 e. The van der Waals surface area contributed by atoms with Gasteiger partial charge in [0.25, 0.3) is 0 Å². The lowest BCUT2D eigenvalue weighted by Gasteiger charge is -2.19. The zero-order valence-corrected chi connectivity index (χ0v) is 14.1. The Kier molecular flexibility index (Phi) is 6.90. The number of halogens is 1. The van der Waals surface area contributed by atoms with Crippen LogP contribution in [0.5, 0.6) is 0 Å². The van der Waals surface area contributed by atoms with Gasteiger partial charge < -0.3 is 5.32 Å². The number of nitrogens with one attached hydrogen (secondary N) is 1. The number of nitrogens with zero attached hydrogens (tertiary/aromatic N) is 1. The zero-order valence-electron chi connectivity index (χ0n) is 12.6. The average molecular weight is 347 g/mol. The van der Waals surface area contributed by atoms with Crippen molar-refractivity contribution in [3.05, 3.63) is 64.4 Å². The Balaban J connectivity index is 1.96. The number of aromatic nitrogens is 1. The average Bonchev–Trinajstić information content (AvgIpc) is 2.53. The number of rotatable bonds is 8. The molecule has 3 heteroatoms. The minimum absolute atomic E-state index is 0.511. The van der Waals surface area contributed by atoms with E-state index in [4.69, 9.17) is 0 Å². The second-order valence-corrected chi connectivity index (χ2v) is 6.20. The van der Waals surface area contributed by atoms with Crippen molar-refractivity contribution in [3.63, 3.8) is 0 Å². The zero-order chi connectivity index (χ0) is 14.9. The summed E-state index contributed by atoms with van der Waals surface area (Å²) in [5, 5.41) is 3.68. The van der Waals surface area contributed by atoms with Crippen molar-refractivity contribution in [3.8, 4) is 0 Å². The Morgan fingerprint density at radius 1 is 1.14 bits per heavy atom. The van der Waals surface area contributed by atoms with Gasteiger partial charge in [0.1, 0.15) is 0 Å². The highest BCUT2D eigenvalue weighted by Gasteiger charge is 2.11. The number of pyridine rings is 1. The Morgan fingerprint density at radius 3 is 2.62 bits per heavy atom. The summed E-state index contributed by atoms with van der Waals surface area (Å²) in [6.07, 6.45) is 8.21. The lowest BCUT2D eigenvalue weighted by Crippen LogP contribution is -2.32. The molecule has 0 aliphatic carbocycles. The monoisotopic (exact) mass is 346 g/mol. The van der Waals surface area contributed by atoms with Crippen molar-refractivity contribution >= 4 is 15.9 Å². The van der Waals surface area contributed by atoms with Crippen molar-refractivity contribution in [2.24, 2.45) is 0 Å². The SMILES string of the molecule is CCCNC(CCc1ccncc1)Cc1ccccc1Br. The van der Waals surface area contributed by atoms with Crippen molar-refractivity contribution in [1.82, 2.24) is 10.3 Å². The molecule has 0 bridgehead atoms. The first kappa shape index (κ1) is 16.2. The summed E-state index contributed by atoms with van der Waals surface area (Å²) >= 11 is 3.65. The number of hydrogen-bond donors (Lipinski definition) is 1. The molecular weight excluding hydrogens is 324 g/mol. The van der Waals surface area contributed by atoms with Crippen LogP contribution >= 0.6 is 15.9 Å². The van der Waals surface area contributed by atoms with Crippen molar-refractivity contribution in [1.29, 1.82) is 0 Å². The van der Waals surface area contributed by atoms with E-state index in [0.717, 1.165) is 25.8 Å². The van der Waals surface area contributed by atoms with Crippen LogP contribution in [0.1, 0.15) is 30.9 Å². The van der Waals surface area contributed by atoms with Crippen molar-refractivity contribution in [2.75, 3.05) is 6.54 Å². The second-order valence-electron chi connectivity index (χ2n) is 5.34. The molecule has 21 heavy (non-hydrogen) atoms. The van der Waals surface area contributed by atoms with Crippen LogP contribution in [0.25, 0.3) is 0 Å². The smallest absolute Gasteiger partial charge is 0.0270 e. The van der Waals surface area contributed by atoms with E-state index >= 15 is 0 Å². The van der Waals surface area contributed by atoms with Crippen LogP contribution in [0.4, 0.5) is 0 Å².